The zero-order valence-electron chi connectivity index (χ0n) is 11.8. The predicted octanol–water partition coefficient (Wildman–Crippen LogP) is 1.31. The van der Waals surface area contributed by atoms with Gasteiger partial charge in [-0.3, -0.25) is 0 Å². The van der Waals surface area contributed by atoms with Crippen LogP contribution in [0.1, 0.15) is 18.9 Å². The molecule has 1 aromatic rings. The van der Waals surface area contributed by atoms with Gasteiger partial charge in [0.15, 0.2) is 0 Å². The summed E-state index contributed by atoms with van der Waals surface area (Å²) in [7, 11) is 0. The Kier molecular flexibility index (Phi) is 8.40. The van der Waals surface area contributed by atoms with Gasteiger partial charge < -0.3 is 19.9 Å². The molecule has 0 aromatic heterocycles. The second kappa shape index (κ2) is 10.2. The van der Waals surface area contributed by atoms with Crippen LogP contribution in [0.2, 0.25) is 0 Å². The van der Waals surface area contributed by atoms with Crippen LogP contribution in [0.4, 0.5) is 0 Å². The van der Waals surface area contributed by atoms with Crippen LogP contribution >= 0.6 is 0 Å². The molecule has 1 atom stereocenters. The number of nitrogens with zero attached hydrogens (tertiary/aromatic N) is 1. The number of ether oxygens (including phenoxy) is 2. The Morgan fingerprint density at radius 1 is 1.45 bits per heavy atom. The zero-order chi connectivity index (χ0) is 14.6. The van der Waals surface area contributed by atoms with Gasteiger partial charge in [-0.2, -0.15) is 5.26 Å². The largest absolute Gasteiger partial charge is 0.491 e. The molecule has 0 bridgehead atoms. The fourth-order valence-electron chi connectivity index (χ4n) is 1.62. The molecule has 0 spiro atoms. The van der Waals surface area contributed by atoms with E-state index in [1.165, 1.54) is 0 Å². The Morgan fingerprint density at radius 2 is 2.30 bits per heavy atom. The van der Waals surface area contributed by atoms with E-state index in [9.17, 15) is 5.11 Å². The highest BCUT2D eigenvalue weighted by Gasteiger charge is 2.05. The molecule has 2 N–H and O–H groups in total. The summed E-state index contributed by atoms with van der Waals surface area (Å²) in [6.45, 7) is 4.92. The van der Waals surface area contributed by atoms with Crippen molar-refractivity contribution in [2.24, 2.45) is 0 Å². The van der Waals surface area contributed by atoms with Crippen molar-refractivity contribution < 1.29 is 14.6 Å². The molecular formula is C15H22N2O3. The lowest BCUT2D eigenvalue weighted by atomic mass is 10.2. The minimum absolute atomic E-state index is 0.202. The highest BCUT2D eigenvalue weighted by molar-refractivity contribution is 5.36. The van der Waals surface area contributed by atoms with Gasteiger partial charge in [0.2, 0.25) is 0 Å². The second-order valence-corrected chi connectivity index (χ2v) is 4.36. The van der Waals surface area contributed by atoms with Crippen LogP contribution in [0, 0.1) is 11.3 Å². The third-order valence-electron chi connectivity index (χ3n) is 2.63. The van der Waals surface area contributed by atoms with Crippen LogP contribution in [0.5, 0.6) is 5.75 Å². The summed E-state index contributed by atoms with van der Waals surface area (Å²) in [5.41, 5.74) is 0.547. The van der Waals surface area contributed by atoms with E-state index >= 15 is 0 Å². The second-order valence-electron chi connectivity index (χ2n) is 4.36. The normalized spacial score (nSPS) is 11.8. The number of nitriles is 1. The summed E-state index contributed by atoms with van der Waals surface area (Å²) in [6, 6.07) is 8.94. The minimum Gasteiger partial charge on any atom is -0.491 e. The van der Waals surface area contributed by atoms with Crippen molar-refractivity contribution in [3.05, 3.63) is 29.8 Å². The van der Waals surface area contributed by atoms with E-state index in [2.05, 4.69) is 5.32 Å². The number of aliphatic hydroxyl groups is 1. The molecule has 20 heavy (non-hydrogen) atoms. The predicted molar refractivity (Wildman–Crippen MR) is 76.6 cm³/mol. The third-order valence-corrected chi connectivity index (χ3v) is 2.63. The molecule has 5 heteroatoms. The highest BCUT2D eigenvalue weighted by atomic mass is 16.5. The van der Waals surface area contributed by atoms with Gasteiger partial charge in [-0.15, -0.1) is 0 Å². The maximum Gasteiger partial charge on any atom is 0.120 e. The van der Waals surface area contributed by atoms with Gasteiger partial charge in [0.1, 0.15) is 18.5 Å². The van der Waals surface area contributed by atoms with Crippen molar-refractivity contribution in [3.8, 4) is 11.8 Å². The van der Waals surface area contributed by atoms with Gasteiger partial charge in [0.25, 0.3) is 0 Å². The average Bonchev–Trinajstić information content (AvgIpc) is 2.49. The number of nitrogens with one attached hydrogen (secondary N) is 1. The Morgan fingerprint density at radius 3 is 3.05 bits per heavy atom. The topological polar surface area (TPSA) is 74.5 Å². The van der Waals surface area contributed by atoms with Crippen molar-refractivity contribution in [1.29, 1.82) is 5.26 Å². The summed E-state index contributed by atoms with van der Waals surface area (Å²) >= 11 is 0. The molecule has 0 heterocycles. The van der Waals surface area contributed by atoms with Gasteiger partial charge in [0.05, 0.1) is 11.6 Å². The summed E-state index contributed by atoms with van der Waals surface area (Å²) in [4.78, 5) is 0. The first-order chi connectivity index (χ1) is 9.76. The molecule has 5 nitrogen and oxygen atoms in total. The summed E-state index contributed by atoms with van der Waals surface area (Å²) < 4.78 is 10.7. The monoisotopic (exact) mass is 278 g/mol. The van der Waals surface area contributed by atoms with E-state index in [1.54, 1.807) is 24.3 Å². The molecule has 1 unspecified atom stereocenters. The van der Waals surface area contributed by atoms with Crippen LogP contribution in [0.25, 0.3) is 0 Å². The van der Waals surface area contributed by atoms with E-state index in [1.807, 2.05) is 13.0 Å². The molecule has 0 saturated heterocycles. The molecular weight excluding hydrogens is 256 g/mol. The lowest BCUT2D eigenvalue weighted by Crippen LogP contribution is -2.32. The lowest BCUT2D eigenvalue weighted by molar-refractivity contribution is 0.104. The third kappa shape index (κ3) is 7.10. The molecule has 1 aromatic carbocycles. The molecule has 0 fully saturated rings. The van der Waals surface area contributed by atoms with Crippen molar-refractivity contribution in [2.45, 2.75) is 19.4 Å². The first kappa shape index (κ1) is 16.4. The molecule has 110 valence electrons. The fraction of sp³-hybridized carbons (Fsp3) is 0.533. The van der Waals surface area contributed by atoms with Crippen molar-refractivity contribution in [2.75, 3.05) is 32.9 Å². The van der Waals surface area contributed by atoms with E-state index < -0.39 is 6.10 Å². The van der Waals surface area contributed by atoms with Gasteiger partial charge in [0, 0.05) is 19.8 Å². The van der Waals surface area contributed by atoms with E-state index in [-0.39, 0.29) is 6.61 Å². The summed E-state index contributed by atoms with van der Waals surface area (Å²) in [5, 5.41) is 21.7. The van der Waals surface area contributed by atoms with Crippen LogP contribution < -0.4 is 10.1 Å². The van der Waals surface area contributed by atoms with E-state index in [4.69, 9.17) is 14.7 Å². The van der Waals surface area contributed by atoms with E-state index in [0.29, 0.717) is 17.9 Å². The van der Waals surface area contributed by atoms with Crippen molar-refractivity contribution >= 4 is 0 Å². The molecule has 0 aliphatic carbocycles. The SMILES string of the molecule is CCOCCCNCC(O)COc1cccc(C#N)c1. The van der Waals surface area contributed by atoms with Crippen molar-refractivity contribution in [3.63, 3.8) is 0 Å². The first-order valence-electron chi connectivity index (χ1n) is 6.85. The molecule has 0 radical (unpaired) electrons. The minimum atomic E-state index is -0.576. The number of benzene rings is 1. The molecule has 1 rings (SSSR count). The van der Waals surface area contributed by atoms with Gasteiger partial charge in [-0.05, 0) is 38.1 Å². The Balaban J connectivity index is 2.13. The number of hydrogen-bond acceptors (Lipinski definition) is 5. The quantitative estimate of drug-likeness (QED) is 0.631. The average molecular weight is 278 g/mol. The molecule has 0 amide bonds. The highest BCUT2D eigenvalue weighted by Crippen LogP contribution is 2.12. The van der Waals surface area contributed by atoms with E-state index in [0.717, 1.165) is 26.2 Å². The number of rotatable bonds is 10. The maximum absolute atomic E-state index is 9.76. The fourth-order valence-corrected chi connectivity index (χ4v) is 1.62. The van der Waals surface area contributed by atoms with Gasteiger partial charge >= 0.3 is 0 Å². The smallest absolute Gasteiger partial charge is 0.120 e. The standard InChI is InChI=1S/C15H22N2O3/c1-2-19-8-4-7-17-11-14(18)12-20-15-6-3-5-13(9-15)10-16/h3,5-6,9,14,17-18H,2,4,7-8,11-12H2,1H3. The summed E-state index contributed by atoms with van der Waals surface area (Å²) in [6.07, 6.45) is 0.346. The first-order valence-corrected chi connectivity index (χ1v) is 6.85. The van der Waals surface area contributed by atoms with Gasteiger partial charge in [-0.25, -0.2) is 0 Å². The Bertz CT molecular complexity index is 418. The van der Waals surface area contributed by atoms with Crippen LogP contribution in [-0.4, -0.2) is 44.1 Å². The molecule has 0 aliphatic rings. The van der Waals surface area contributed by atoms with Crippen LogP contribution in [-0.2, 0) is 4.74 Å². The number of hydrogen-bond donors (Lipinski definition) is 2. The van der Waals surface area contributed by atoms with Crippen LogP contribution in [0.15, 0.2) is 24.3 Å². The Labute approximate surface area is 120 Å². The number of aliphatic hydroxyl groups excluding tert-OH is 1. The lowest BCUT2D eigenvalue weighted by Gasteiger charge is -2.13. The maximum atomic E-state index is 9.76. The Hall–Kier alpha value is -1.61. The zero-order valence-corrected chi connectivity index (χ0v) is 11.8. The molecule has 0 aliphatic heterocycles. The van der Waals surface area contributed by atoms with Crippen molar-refractivity contribution in [1.82, 2.24) is 5.32 Å². The summed E-state index contributed by atoms with van der Waals surface area (Å²) in [5.74, 6) is 0.597. The van der Waals surface area contributed by atoms with Crippen LogP contribution in [0.3, 0.4) is 0 Å². The molecule has 0 saturated carbocycles. The van der Waals surface area contributed by atoms with Gasteiger partial charge in [-0.1, -0.05) is 6.07 Å².